The Kier molecular flexibility index (Phi) is 7.28. The summed E-state index contributed by atoms with van der Waals surface area (Å²) in [5, 5.41) is 1.18. The highest BCUT2D eigenvalue weighted by molar-refractivity contribution is 8.03. The van der Waals surface area contributed by atoms with Gasteiger partial charge in [-0.2, -0.15) is 0 Å². The minimum absolute atomic E-state index is 0.0536. The van der Waals surface area contributed by atoms with Crippen LogP contribution in [0.3, 0.4) is 0 Å². The Morgan fingerprint density at radius 2 is 2.31 bits per heavy atom. The molecule has 0 aromatic heterocycles. The highest BCUT2D eigenvalue weighted by atomic mass is 35.5. The molecular weight excluding hydrogens is 267 g/mol. The highest BCUT2D eigenvalue weighted by Gasteiger charge is 2.17. The molecule has 1 aliphatic heterocycles. The molecule has 0 amide bonds. The number of hydrogen-bond acceptors (Lipinski definition) is 4. The number of ether oxygens (including phenoxy) is 1. The maximum Gasteiger partial charge on any atom is 0.134 e. The van der Waals surface area contributed by atoms with E-state index in [1.165, 1.54) is 5.03 Å². The lowest BCUT2D eigenvalue weighted by atomic mass is 10.4. The van der Waals surface area contributed by atoms with Crippen LogP contribution in [0.4, 0.5) is 0 Å². The number of nitrogens with zero attached hydrogens (tertiary/aromatic N) is 2. The number of allylic oxidation sites excluding steroid dienone is 1. The van der Waals surface area contributed by atoms with E-state index in [-0.39, 0.29) is 6.17 Å². The van der Waals surface area contributed by atoms with Gasteiger partial charge in [0.2, 0.25) is 0 Å². The van der Waals surface area contributed by atoms with Gasteiger partial charge in [0.1, 0.15) is 6.17 Å². The van der Waals surface area contributed by atoms with Crippen LogP contribution in [0.5, 0.6) is 0 Å². The van der Waals surface area contributed by atoms with Crippen molar-refractivity contribution in [3.05, 3.63) is 11.1 Å². The molecule has 0 aliphatic carbocycles. The van der Waals surface area contributed by atoms with Crippen molar-refractivity contribution >= 4 is 41.2 Å². The van der Waals surface area contributed by atoms with Crippen LogP contribution < -0.4 is 0 Å². The van der Waals surface area contributed by atoms with Gasteiger partial charge in [-0.15, -0.1) is 35.0 Å². The molecule has 6 heteroatoms. The van der Waals surface area contributed by atoms with E-state index in [0.717, 1.165) is 5.75 Å². The largest absolute Gasteiger partial charge is 0.379 e. The molecule has 1 heterocycles. The Labute approximate surface area is 111 Å². The first kappa shape index (κ1) is 14.2. The molecule has 0 saturated heterocycles. The Morgan fingerprint density at radius 1 is 1.50 bits per heavy atom. The lowest BCUT2D eigenvalue weighted by Crippen LogP contribution is -2.32. The normalized spacial score (nSPS) is 20.1. The van der Waals surface area contributed by atoms with Crippen LogP contribution in [-0.4, -0.2) is 55.1 Å². The number of alkyl halides is 2. The lowest BCUT2D eigenvalue weighted by Gasteiger charge is -2.29. The smallest absolute Gasteiger partial charge is 0.134 e. The van der Waals surface area contributed by atoms with Crippen LogP contribution in [0.1, 0.15) is 0 Å². The first-order valence-corrected chi connectivity index (χ1v) is 7.13. The second-order valence-electron chi connectivity index (χ2n) is 3.20. The number of halogens is 2. The number of thioether (sulfide) groups is 1. The summed E-state index contributed by atoms with van der Waals surface area (Å²) in [5.41, 5.74) is 0. The van der Waals surface area contributed by atoms with Crippen molar-refractivity contribution in [1.82, 2.24) is 4.90 Å². The van der Waals surface area contributed by atoms with Gasteiger partial charge in [0.05, 0.1) is 24.1 Å². The van der Waals surface area contributed by atoms with E-state index in [9.17, 15) is 0 Å². The third kappa shape index (κ3) is 4.53. The van der Waals surface area contributed by atoms with Crippen LogP contribution in [0.15, 0.2) is 16.1 Å². The Morgan fingerprint density at radius 3 is 3.00 bits per heavy atom. The molecule has 0 radical (unpaired) electrons. The second-order valence-corrected chi connectivity index (χ2v) is 5.00. The van der Waals surface area contributed by atoms with Gasteiger partial charge in [-0.05, 0) is 6.08 Å². The van der Waals surface area contributed by atoms with Gasteiger partial charge >= 0.3 is 0 Å². The molecular formula is C10H16Cl2N2OS. The predicted molar refractivity (Wildman–Crippen MR) is 72.8 cm³/mol. The standard InChI is InChI=1S/C10H16Cl2N2OS/c1-14-9(8-12)13-4-2-10(14)16-7-6-15-5-3-11/h2,4,9H,3,5-8H2,1H3. The van der Waals surface area contributed by atoms with Gasteiger partial charge < -0.3 is 9.64 Å². The summed E-state index contributed by atoms with van der Waals surface area (Å²) < 4.78 is 5.30. The van der Waals surface area contributed by atoms with E-state index in [4.69, 9.17) is 27.9 Å². The molecule has 3 nitrogen and oxygen atoms in total. The minimum atomic E-state index is 0.0536. The van der Waals surface area contributed by atoms with Gasteiger partial charge in [0, 0.05) is 24.9 Å². The van der Waals surface area contributed by atoms with E-state index in [2.05, 4.69) is 9.89 Å². The number of rotatable bonds is 7. The third-order valence-electron chi connectivity index (χ3n) is 2.11. The molecule has 1 atom stereocenters. The van der Waals surface area contributed by atoms with Crippen molar-refractivity contribution in [2.24, 2.45) is 4.99 Å². The molecule has 0 fully saturated rings. The SMILES string of the molecule is CN1C(SCCOCCCl)=CC=NC1CCl. The Balaban J connectivity index is 2.26. The predicted octanol–water partition coefficient (Wildman–Crippen LogP) is 2.40. The molecule has 1 rings (SSSR count). The first-order chi connectivity index (χ1) is 7.79. The van der Waals surface area contributed by atoms with Crippen molar-refractivity contribution in [1.29, 1.82) is 0 Å². The van der Waals surface area contributed by atoms with E-state index < -0.39 is 0 Å². The molecule has 0 aromatic carbocycles. The molecule has 0 N–H and O–H groups in total. The van der Waals surface area contributed by atoms with Crippen molar-refractivity contribution < 1.29 is 4.74 Å². The van der Waals surface area contributed by atoms with Crippen LogP contribution in [0, 0.1) is 0 Å². The summed E-state index contributed by atoms with van der Waals surface area (Å²) in [6.45, 7) is 1.33. The Bertz CT molecular complexity index is 261. The topological polar surface area (TPSA) is 24.8 Å². The molecule has 16 heavy (non-hydrogen) atoms. The lowest BCUT2D eigenvalue weighted by molar-refractivity contribution is 0.166. The van der Waals surface area contributed by atoms with Gasteiger partial charge in [-0.1, -0.05) is 0 Å². The zero-order valence-electron chi connectivity index (χ0n) is 9.23. The average Bonchev–Trinajstić information content (AvgIpc) is 2.31. The maximum absolute atomic E-state index is 5.81. The fraction of sp³-hybridized carbons (Fsp3) is 0.700. The molecule has 1 unspecified atom stereocenters. The summed E-state index contributed by atoms with van der Waals surface area (Å²) in [6.07, 6.45) is 3.86. The van der Waals surface area contributed by atoms with Crippen molar-refractivity contribution in [2.75, 3.05) is 37.8 Å². The average molecular weight is 283 g/mol. The van der Waals surface area contributed by atoms with E-state index >= 15 is 0 Å². The fourth-order valence-electron chi connectivity index (χ4n) is 1.23. The maximum atomic E-state index is 5.81. The van der Waals surface area contributed by atoms with Gasteiger partial charge in [0.25, 0.3) is 0 Å². The minimum Gasteiger partial charge on any atom is -0.379 e. The summed E-state index contributed by atoms with van der Waals surface area (Å²) in [6, 6.07) is 0. The first-order valence-electron chi connectivity index (χ1n) is 5.08. The molecule has 1 aliphatic rings. The summed E-state index contributed by atoms with van der Waals surface area (Å²) in [4.78, 5) is 6.35. The number of hydrogen-bond donors (Lipinski definition) is 0. The van der Waals surface area contributed by atoms with Gasteiger partial charge in [-0.25, -0.2) is 0 Å². The fourth-order valence-corrected chi connectivity index (χ4v) is 2.51. The van der Waals surface area contributed by atoms with Gasteiger partial charge in [-0.3, -0.25) is 4.99 Å². The highest BCUT2D eigenvalue weighted by Crippen LogP contribution is 2.23. The zero-order valence-corrected chi connectivity index (χ0v) is 11.6. The van der Waals surface area contributed by atoms with Crippen LogP contribution in [0.25, 0.3) is 0 Å². The van der Waals surface area contributed by atoms with Crippen molar-refractivity contribution in [3.63, 3.8) is 0 Å². The molecule has 0 saturated carbocycles. The second kappa shape index (κ2) is 8.23. The quantitative estimate of drug-likeness (QED) is 0.530. The summed E-state index contributed by atoms with van der Waals surface area (Å²) >= 11 is 13.1. The Hall–Kier alpha value is 0.1000. The van der Waals surface area contributed by atoms with Gasteiger partial charge in [0.15, 0.2) is 0 Å². The molecule has 0 bridgehead atoms. The van der Waals surface area contributed by atoms with E-state index in [1.807, 2.05) is 19.3 Å². The van der Waals surface area contributed by atoms with Crippen molar-refractivity contribution in [3.8, 4) is 0 Å². The monoisotopic (exact) mass is 282 g/mol. The van der Waals surface area contributed by atoms with Crippen LogP contribution >= 0.6 is 35.0 Å². The summed E-state index contributed by atoms with van der Waals surface area (Å²) in [7, 11) is 2.00. The zero-order chi connectivity index (χ0) is 11.8. The van der Waals surface area contributed by atoms with Crippen LogP contribution in [-0.2, 0) is 4.74 Å². The third-order valence-corrected chi connectivity index (χ3v) is 3.63. The molecule has 92 valence electrons. The number of aliphatic imine (C=N–C) groups is 1. The van der Waals surface area contributed by atoms with E-state index in [0.29, 0.717) is 25.0 Å². The van der Waals surface area contributed by atoms with E-state index in [1.54, 1.807) is 11.8 Å². The molecule has 0 aromatic rings. The van der Waals surface area contributed by atoms with Crippen LogP contribution in [0.2, 0.25) is 0 Å². The summed E-state index contributed by atoms with van der Waals surface area (Å²) in [5.74, 6) is 1.97. The molecule has 0 spiro atoms. The van der Waals surface area contributed by atoms with Crippen molar-refractivity contribution in [2.45, 2.75) is 6.17 Å².